The summed E-state index contributed by atoms with van der Waals surface area (Å²) >= 11 is 0. The van der Waals surface area contributed by atoms with Gasteiger partial charge in [-0.2, -0.15) is 13.2 Å². The van der Waals surface area contributed by atoms with Gasteiger partial charge in [0.05, 0.1) is 11.5 Å². The molecular formula is C24H24F3NO4. The zero-order valence-corrected chi connectivity index (χ0v) is 17.6. The topological polar surface area (TPSA) is 59.0 Å². The van der Waals surface area contributed by atoms with Gasteiger partial charge in [0.2, 0.25) is 0 Å². The van der Waals surface area contributed by atoms with E-state index in [1.165, 1.54) is 6.07 Å². The van der Waals surface area contributed by atoms with Gasteiger partial charge >= 0.3 is 12.1 Å². The van der Waals surface area contributed by atoms with Crippen molar-refractivity contribution in [2.24, 2.45) is 5.92 Å². The Morgan fingerprint density at radius 2 is 2.06 bits per heavy atom. The second kappa shape index (κ2) is 8.86. The standard InChI is InChI=1S/C24H24F3NO4/c1-15-2-3-19(21(8-15)24(25,26)27)14-31-20-5-4-17-9-16(13-32-22(17)10-20)11-28-7-6-18(12-28)23(29)30/h2-5,8-10,18H,6-7,11-14H2,1H3,(H,29,30). The quantitative estimate of drug-likeness (QED) is 0.691. The number of carbonyl (C=O) groups is 1. The summed E-state index contributed by atoms with van der Waals surface area (Å²) < 4.78 is 51.4. The van der Waals surface area contributed by atoms with E-state index in [9.17, 15) is 18.0 Å². The minimum absolute atomic E-state index is 0.0780. The molecule has 8 heteroatoms. The van der Waals surface area contributed by atoms with Crippen molar-refractivity contribution in [1.82, 2.24) is 4.90 Å². The number of alkyl halides is 3. The number of aryl methyl sites for hydroxylation is 1. The molecule has 0 aliphatic carbocycles. The Labute approximate surface area is 184 Å². The van der Waals surface area contributed by atoms with Gasteiger partial charge in [-0.3, -0.25) is 9.69 Å². The van der Waals surface area contributed by atoms with E-state index in [1.54, 1.807) is 25.1 Å². The minimum Gasteiger partial charge on any atom is -0.489 e. The number of hydrogen-bond donors (Lipinski definition) is 1. The molecule has 2 aromatic rings. The Morgan fingerprint density at radius 1 is 1.25 bits per heavy atom. The van der Waals surface area contributed by atoms with Crippen LogP contribution in [0.5, 0.6) is 11.5 Å². The van der Waals surface area contributed by atoms with Crippen molar-refractivity contribution < 1.29 is 32.5 Å². The third-order valence-electron chi connectivity index (χ3n) is 5.77. The predicted molar refractivity (Wildman–Crippen MR) is 113 cm³/mol. The van der Waals surface area contributed by atoms with Crippen LogP contribution in [0, 0.1) is 12.8 Å². The van der Waals surface area contributed by atoms with Crippen LogP contribution in [-0.2, 0) is 17.6 Å². The summed E-state index contributed by atoms with van der Waals surface area (Å²) in [6.45, 7) is 3.72. The second-order valence-electron chi connectivity index (χ2n) is 8.30. The first-order valence-corrected chi connectivity index (χ1v) is 10.4. The Hall–Kier alpha value is -3.00. The van der Waals surface area contributed by atoms with Crippen LogP contribution in [0.1, 0.15) is 28.7 Å². The number of aliphatic carboxylic acids is 1. The summed E-state index contributed by atoms with van der Waals surface area (Å²) in [5.41, 5.74) is 1.84. The van der Waals surface area contributed by atoms with Crippen LogP contribution in [-0.4, -0.2) is 42.2 Å². The lowest BCUT2D eigenvalue weighted by molar-refractivity contribution is -0.141. The van der Waals surface area contributed by atoms with E-state index < -0.39 is 17.7 Å². The van der Waals surface area contributed by atoms with Crippen molar-refractivity contribution >= 4 is 12.0 Å². The maximum absolute atomic E-state index is 13.3. The average Bonchev–Trinajstić information content (AvgIpc) is 3.21. The maximum Gasteiger partial charge on any atom is 0.416 e. The lowest BCUT2D eigenvalue weighted by atomic mass is 10.0. The van der Waals surface area contributed by atoms with Gasteiger partial charge in [0.15, 0.2) is 0 Å². The molecular weight excluding hydrogens is 423 g/mol. The van der Waals surface area contributed by atoms with Crippen LogP contribution in [0.3, 0.4) is 0 Å². The molecule has 2 aliphatic rings. The number of carboxylic acid groups (broad SMARTS) is 1. The maximum atomic E-state index is 13.3. The molecule has 0 spiro atoms. The van der Waals surface area contributed by atoms with Crippen LogP contribution >= 0.6 is 0 Å². The SMILES string of the molecule is Cc1ccc(COc2ccc3c(c2)OCC(CN2CCC(C(=O)O)C2)=C3)c(C(F)(F)F)c1. The van der Waals surface area contributed by atoms with Gasteiger partial charge in [-0.25, -0.2) is 0 Å². The molecule has 2 heterocycles. The Bertz CT molecular complexity index is 1050. The number of likely N-dealkylation sites (tertiary alicyclic amines) is 1. The van der Waals surface area contributed by atoms with Crippen molar-refractivity contribution in [3.05, 3.63) is 64.2 Å². The second-order valence-corrected chi connectivity index (χ2v) is 8.30. The highest BCUT2D eigenvalue weighted by atomic mass is 19.4. The van der Waals surface area contributed by atoms with E-state index in [0.717, 1.165) is 23.7 Å². The molecule has 5 nitrogen and oxygen atoms in total. The number of rotatable bonds is 6. The molecule has 1 atom stereocenters. The van der Waals surface area contributed by atoms with Gasteiger partial charge in [0.1, 0.15) is 24.7 Å². The van der Waals surface area contributed by atoms with E-state index in [2.05, 4.69) is 4.90 Å². The summed E-state index contributed by atoms with van der Waals surface area (Å²) in [5, 5.41) is 9.14. The molecule has 0 radical (unpaired) electrons. The molecule has 1 fully saturated rings. The summed E-state index contributed by atoms with van der Waals surface area (Å²) in [6, 6.07) is 9.40. The summed E-state index contributed by atoms with van der Waals surface area (Å²) in [5.74, 6) is -0.0417. The molecule has 32 heavy (non-hydrogen) atoms. The van der Waals surface area contributed by atoms with Gasteiger partial charge in [-0.05, 0) is 49.7 Å². The summed E-state index contributed by atoms with van der Waals surface area (Å²) in [6.07, 6.45) is -1.78. The Balaban J connectivity index is 1.41. The summed E-state index contributed by atoms with van der Waals surface area (Å²) in [7, 11) is 0. The normalized spacial score (nSPS) is 18.6. The van der Waals surface area contributed by atoms with Gasteiger partial charge in [0, 0.05) is 30.3 Å². The van der Waals surface area contributed by atoms with Crippen molar-refractivity contribution in [2.45, 2.75) is 26.1 Å². The fourth-order valence-electron chi connectivity index (χ4n) is 4.08. The molecule has 0 saturated carbocycles. The molecule has 170 valence electrons. The highest BCUT2D eigenvalue weighted by molar-refractivity contribution is 5.70. The van der Waals surface area contributed by atoms with Crippen LogP contribution in [0.2, 0.25) is 0 Å². The van der Waals surface area contributed by atoms with Gasteiger partial charge in [-0.1, -0.05) is 17.7 Å². The van der Waals surface area contributed by atoms with Crippen LogP contribution in [0.25, 0.3) is 6.08 Å². The molecule has 0 amide bonds. The largest absolute Gasteiger partial charge is 0.489 e. The van der Waals surface area contributed by atoms with Crippen molar-refractivity contribution in [2.75, 3.05) is 26.2 Å². The molecule has 2 aliphatic heterocycles. The third kappa shape index (κ3) is 5.07. The van der Waals surface area contributed by atoms with E-state index in [1.807, 2.05) is 12.1 Å². The zero-order valence-electron chi connectivity index (χ0n) is 17.6. The van der Waals surface area contributed by atoms with Crippen molar-refractivity contribution in [3.8, 4) is 11.5 Å². The molecule has 2 aromatic carbocycles. The van der Waals surface area contributed by atoms with Crippen LogP contribution in [0.4, 0.5) is 13.2 Å². The fraction of sp³-hybridized carbons (Fsp3) is 0.375. The highest BCUT2D eigenvalue weighted by Gasteiger charge is 2.33. The molecule has 1 N–H and O–H groups in total. The van der Waals surface area contributed by atoms with Crippen molar-refractivity contribution in [3.63, 3.8) is 0 Å². The molecule has 1 saturated heterocycles. The fourth-order valence-corrected chi connectivity index (χ4v) is 4.08. The van der Waals surface area contributed by atoms with E-state index in [-0.39, 0.29) is 18.1 Å². The van der Waals surface area contributed by atoms with Crippen LogP contribution in [0.15, 0.2) is 42.0 Å². The number of halogens is 3. The predicted octanol–water partition coefficient (Wildman–Crippen LogP) is 4.78. The van der Waals surface area contributed by atoms with Crippen molar-refractivity contribution in [1.29, 1.82) is 0 Å². The first-order valence-electron chi connectivity index (χ1n) is 10.4. The lowest BCUT2D eigenvalue weighted by Crippen LogP contribution is -2.27. The lowest BCUT2D eigenvalue weighted by Gasteiger charge is -2.23. The number of fused-ring (bicyclic) bond motifs is 1. The highest BCUT2D eigenvalue weighted by Crippen LogP contribution is 2.35. The third-order valence-corrected chi connectivity index (χ3v) is 5.77. The van der Waals surface area contributed by atoms with Crippen LogP contribution < -0.4 is 9.47 Å². The number of nitrogens with zero attached hydrogens (tertiary/aromatic N) is 1. The number of benzene rings is 2. The molecule has 1 unspecified atom stereocenters. The molecule has 4 rings (SSSR count). The zero-order chi connectivity index (χ0) is 22.9. The Morgan fingerprint density at radius 3 is 2.78 bits per heavy atom. The number of carboxylic acids is 1. The number of ether oxygens (including phenoxy) is 2. The molecule has 0 bridgehead atoms. The minimum atomic E-state index is -4.44. The summed E-state index contributed by atoms with van der Waals surface area (Å²) in [4.78, 5) is 13.2. The van der Waals surface area contributed by atoms with E-state index >= 15 is 0 Å². The number of hydrogen-bond acceptors (Lipinski definition) is 4. The van der Waals surface area contributed by atoms with Gasteiger partial charge < -0.3 is 14.6 Å². The monoisotopic (exact) mass is 447 g/mol. The van der Waals surface area contributed by atoms with E-state index in [4.69, 9.17) is 14.6 Å². The Kier molecular flexibility index (Phi) is 6.15. The van der Waals surface area contributed by atoms with Gasteiger partial charge in [0.25, 0.3) is 0 Å². The smallest absolute Gasteiger partial charge is 0.416 e. The first kappa shape index (κ1) is 22.2. The van der Waals surface area contributed by atoms with Gasteiger partial charge in [-0.15, -0.1) is 0 Å². The molecule has 0 aromatic heterocycles. The first-order chi connectivity index (χ1) is 15.2. The average molecular weight is 447 g/mol. The van der Waals surface area contributed by atoms with E-state index in [0.29, 0.717) is 43.2 Å².